The number of hydrogen-bond donors (Lipinski definition) is 2. The van der Waals surface area contributed by atoms with Gasteiger partial charge in [-0.3, -0.25) is 0 Å². The van der Waals surface area contributed by atoms with Crippen molar-refractivity contribution < 1.29 is 9.53 Å². The number of likely N-dealkylation sites (tertiary alicyclic amines) is 1. The third-order valence-electron chi connectivity index (χ3n) is 6.83. The minimum atomic E-state index is -0.503. The van der Waals surface area contributed by atoms with Crippen molar-refractivity contribution in [3.63, 3.8) is 0 Å². The van der Waals surface area contributed by atoms with E-state index in [2.05, 4.69) is 34.1 Å². The number of imidazole rings is 1. The van der Waals surface area contributed by atoms with Gasteiger partial charge in [0.25, 0.3) is 0 Å². The van der Waals surface area contributed by atoms with Gasteiger partial charge in [0.15, 0.2) is 0 Å². The van der Waals surface area contributed by atoms with Gasteiger partial charge in [-0.15, -0.1) is 0 Å². The summed E-state index contributed by atoms with van der Waals surface area (Å²) in [5.74, 6) is 1.23. The van der Waals surface area contributed by atoms with E-state index in [4.69, 9.17) is 38.7 Å². The second-order valence-electron chi connectivity index (χ2n) is 11.0. The van der Waals surface area contributed by atoms with Crippen LogP contribution >= 0.6 is 23.2 Å². The van der Waals surface area contributed by atoms with Crippen LogP contribution < -0.4 is 11.1 Å². The molecule has 38 heavy (non-hydrogen) atoms. The molecule has 0 saturated carbocycles. The van der Waals surface area contributed by atoms with Gasteiger partial charge in [0.2, 0.25) is 0 Å². The summed E-state index contributed by atoms with van der Waals surface area (Å²) in [5.41, 5.74) is 9.31. The normalized spacial score (nSPS) is 14.8. The van der Waals surface area contributed by atoms with E-state index in [-0.39, 0.29) is 12.0 Å². The Bertz CT molecular complexity index is 1230. The Morgan fingerprint density at radius 3 is 2.39 bits per heavy atom. The summed E-state index contributed by atoms with van der Waals surface area (Å²) in [6.07, 6.45) is 3.52. The Morgan fingerprint density at radius 2 is 1.74 bits per heavy atom. The second-order valence-corrected chi connectivity index (χ2v) is 11.9. The molecule has 1 amide bonds. The molecule has 2 heterocycles. The molecule has 206 valence electrons. The van der Waals surface area contributed by atoms with Crippen LogP contribution in [0.3, 0.4) is 0 Å². The molecule has 3 N–H and O–H groups in total. The number of ether oxygens (including phenoxy) is 1. The molecule has 3 aromatic rings. The van der Waals surface area contributed by atoms with Crippen molar-refractivity contribution in [3.05, 3.63) is 63.4 Å². The fourth-order valence-corrected chi connectivity index (χ4v) is 5.15. The number of carbonyl (C=O) groups excluding carboxylic acids is 1. The smallest absolute Gasteiger partial charge is 0.410 e. The number of aromatic nitrogens is 2. The maximum Gasteiger partial charge on any atom is 0.410 e. The molecule has 0 spiro atoms. The first kappa shape index (κ1) is 28.7. The van der Waals surface area contributed by atoms with Gasteiger partial charge < -0.3 is 25.3 Å². The Kier molecular flexibility index (Phi) is 9.58. The van der Waals surface area contributed by atoms with Gasteiger partial charge in [-0.1, -0.05) is 47.5 Å². The van der Waals surface area contributed by atoms with E-state index in [1.165, 1.54) is 11.1 Å². The van der Waals surface area contributed by atoms with Crippen molar-refractivity contribution in [3.8, 4) is 0 Å². The molecule has 1 aliphatic heterocycles. The van der Waals surface area contributed by atoms with Gasteiger partial charge >= 0.3 is 6.09 Å². The standard InChI is InChI=1S/C29H39Cl2N5O2/c1-29(2,3)38-28(37)35-14-10-22(11-15-35)27-34-25-16-23(30)24(31)17-26(25)36(27)19-21-8-6-20(7-9-21)18-33-13-5-4-12-32/h6-9,16-17,22,33H,4-5,10-15,18-19,32H2,1-3H3. The van der Waals surface area contributed by atoms with Crippen molar-refractivity contribution >= 4 is 40.3 Å². The van der Waals surface area contributed by atoms with Crippen LogP contribution in [0.2, 0.25) is 10.0 Å². The van der Waals surface area contributed by atoms with Gasteiger partial charge in [-0.25, -0.2) is 9.78 Å². The molecule has 0 bridgehead atoms. The summed E-state index contributed by atoms with van der Waals surface area (Å²) in [4.78, 5) is 19.4. The lowest BCUT2D eigenvalue weighted by atomic mass is 9.96. The van der Waals surface area contributed by atoms with Crippen molar-refractivity contribution in [1.82, 2.24) is 19.8 Å². The third-order valence-corrected chi connectivity index (χ3v) is 7.55. The molecule has 2 aromatic carbocycles. The molecule has 0 radical (unpaired) electrons. The molecular weight excluding hydrogens is 521 g/mol. The number of nitrogens with two attached hydrogens (primary N) is 1. The van der Waals surface area contributed by atoms with Crippen LogP contribution in [0.15, 0.2) is 36.4 Å². The maximum atomic E-state index is 12.6. The Labute approximate surface area is 235 Å². The SMILES string of the molecule is CC(C)(C)OC(=O)N1CCC(c2nc3cc(Cl)c(Cl)cc3n2Cc2ccc(CNCCCCN)cc2)CC1. The molecule has 4 rings (SSSR count). The summed E-state index contributed by atoms with van der Waals surface area (Å²) in [5, 5.41) is 4.49. The van der Waals surface area contributed by atoms with Gasteiger partial charge in [-0.05, 0) is 82.8 Å². The number of nitrogens with one attached hydrogen (secondary N) is 1. The average Bonchev–Trinajstić information content (AvgIpc) is 3.21. The molecule has 1 saturated heterocycles. The van der Waals surface area contributed by atoms with Crippen LogP contribution in [0.4, 0.5) is 4.79 Å². The monoisotopic (exact) mass is 559 g/mol. The average molecular weight is 561 g/mol. The van der Waals surface area contributed by atoms with Crippen LogP contribution in [-0.2, 0) is 17.8 Å². The fourth-order valence-electron chi connectivity index (χ4n) is 4.84. The number of nitrogens with zero attached hydrogens (tertiary/aromatic N) is 3. The Balaban J connectivity index is 1.51. The number of amides is 1. The Hall–Kier alpha value is -2.32. The lowest BCUT2D eigenvalue weighted by Crippen LogP contribution is -2.41. The quantitative estimate of drug-likeness (QED) is 0.299. The first-order valence-corrected chi connectivity index (χ1v) is 14.2. The maximum absolute atomic E-state index is 12.6. The van der Waals surface area contributed by atoms with Crippen LogP contribution in [0.1, 0.15) is 69.3 Å². The number of halogens is 2. The number of fused-ring (bicyclic) bond motifs is 1. The number of carbonyl (C=O) groups is 1. The summed E-state index contributed by atoms with van der Waals surface area (Å²) < 4.78 is 7.83. The zero-order valence-electron chi connectivity index (χ0n) is 22.6. The summed E-state index contributed by atoms with van der Waals surface area (Å²) in [7, 11) is 0. The van der Waals surface area contributed by atoms with Crippen LogP contribution in [-0.4, -0.2) is 52.3 Å². The second kappa shape index (κ2) is 12.7. The number of piperidine rings is 1. The van der Waals surface area contributed by atoms with E-state index >= 15 is 0 Å². The Morgan fingerprint density at radius 1 is 1.08 bits per heavy atom. The van der Waals surface area contributed by atoms with E-state index in [0.29, 0.717) is 29.7 Å². The molecule has 7 nitrogen and oxygen atoms in total. The topological polar surface area (TPSA) is 85.4 Å². The first-order valence-electron chi connectivity index (χ1n) is 13.5. The minimum absolute atomic E-state index is 0.218. The van der Waals surface area contributed by atoms with E-state index < -0.39 is 5.60 Å². The van der Waals surface area contributed by atoms with E-state index in [1.807, 2.05) is 32.9 Å². The number of benzene rings is 2. The highest BCUT2D eigenvalue weighted by Crippen LogP contribution is 2.34. The molecule has 1 aliphatic rings. The van der Waals surface area contributed by atoms with Crippen LogP contribution in [0.5, 0.6) is 0 Å². The molecule has 1 fully saturated rings. The van der Waals surface area contributed by atoms with E-state index in [9.17, 15) is 4.79 Å². The number of unbranched alkanes of at least 4 members (excludes halogenated alkanes) is 1. The molecular formula is C29H39Cl2N5O2. The lowest BCUT2D eigenvalue weighted by Gasteiger charge is -2.33. The van der Waals surface area contributed by atoms with Crippen molar-refractivity contribution in [2.75, 3.05) is 26.2 Å². The summed E-state index contributed by atoms with van der Waals surface area (Å²) in [6, 6.07) is 12.4. The molecule has 0 aliphatic carbocycles. The predicted octanol–water partition coefficient (Wildman–Crippen LogP) is 6.33. The van der Waals surface area contributed by atoms with Crippen molar-refractivity contribution in [2.24, 2.45) is 5.73 Å². The van der Waals surface area contributed by atoms with Crippen LogP contribution in [0, 0.1) is 0 Å². The third kappa shape index (κ3) is 7.41. The van der Waals surface area contributed by atoms with E-state index in [1.54, 1.807) is 4.90 Å². The van der Waals surface area contributed by atoms with Crippen molar-refractivity contribution in [2.45, 2.75) is 71.1 Å². The zero-order chi connectivity index (χ0) is 27.3. The van der Waals surface area contributed by atoms with Gasteiger partial charge in [0.1, 0.15) is 11.4 Å². The highest BCUT2D eigenvalue weighted by molar-refractivity contribution is 6.42. The summed E-state index contributed by atoms with van der Waals surface area (Å²) in [6.45, 7) is 10.2. The molecule has 9 heteroatoms. The predicted molar refractivity (Wildman–Crippen MR) is 155 cm³/mol. The van der Waals surface area contributed by atoms with Crippen LogP contribution in [0.25, 0.3) is 11.0 Å². The number of hydrogen-bond acceptors (Lipinski definition) is 5. The van der Waals surface area contributed by atoms with Crippen molar-refractivity contribution in [1.29, 1.82) is 0 Å². The zero-order valence-corrected chi connectivity index (χ0v) is 24.1. The fraction of sp³-hybridized carbons (Fsp3) is 0.517. The molecule has 0 unspecified atom stereocenters. The number of rotatable bonds is 9. The van der Waals surface area contributed by atoms with Gasteiger partial charge in [0, 0.05) is 32.1 Å². The highest BCUT2D eigenvalue weighted by Gasteiger charge is 2.30. The minimum Gasteiger partial charge on any atom is -0.444 e. The lowest BCUT2D eigenvalue weighted by molar-refractivity contribution is 0.0202. The highest BCUT2D eigenvalue weighted by atomic mass is 35.5. The largest absolute Gasteiger partial charge is 0.444 e. The van der Waals surface area contributed by atoms with Gasteiger partial charge in [-0.2, -0.15) is 0 Å². The van der Waals surface area contributed by atoms with Gasteiger partial charge in [0.05, 0.1) is 21.1 Å². The first-order chi connectivity index (χ1) is 18.1. The molecule has 0 atom stereocenters. The summed E-state index contributed by atoms with van der Waals surface area (Å²) >= 11 is 12.8. The molecule has 1 aromatic heterocycles. The van der Waals surface area contributed by atoms with E-state index in [0.717, 1.165) is 62.2 Å².